The van der Waals surface area contributed by atoms with E-state index in [1.807, 2.05) is 0 Å². The second-order valence-corrected chi connectivity index (χ2v) is 9.56. The Morgan fingerprint density at radius 2 is 1.85 bits per heavy atom. The molecular weight excluding hydrogens is 546 g/mol. The second kappa shape index (κ2) is 12.1. The van der Waals surface area contributed by atoms with Gasteiger partial charge in [-0.15, -0.1) is 0 Å². The van der Waals surface area contributed by atoms with Crippen molar-refractivity contribution in [3.05, 3.63) is 101 Å². The number of hydrazone groups is 1. The van der Waals surface area contributed by atoms with Crippen molar-refractivity contribution in [1.29, 1.82) is 0 Å². The Morgan fingerprint density at radius 1 is 1.07 bits per heavy atom. The van der Waals surface area contributed by atoms with Crippen LogP contribution < -0.4 is 15.1 Å². The van der Waals surface area contributed by atoms with Crippen LogP contribution in [0.5, 0.6) is 5.75 Å². The van der Waals surface area contributed by atoms with Crippen molar-refractivity contribution in [2.24, 2.45) is 11.0 Å². The second-order valence-electron chi connectivity index (χ2n) is 9.15. The number of carboxylic acid groups (broad SMARTS) is 1. The maximum absolute atomic E-state index is 13.2. The van der Waals surface area contributed by atoms with Gasteiger partial charge in [-0.1, -0.05) is 31.2 Å². The Morgan fingerprint density at radius 3 is 2.61 bits per heavy atom. The molecule has 0 radical (unpaired) electrons. The van der Waals surface area contributed by atoms with Crippen LogP contribution in [0.4, 0.5) is 11.4 Å². The van der Waals surface area contributed by atoms with Crippen LogP contribution in [0, 0.1) is 5.92 Å². The molecule has 2 amide bonds. The minimum absolute atomic E-state index is 0. The number of anilines is 2. The van der Waals surface area contributed by atoms with Gasteiger partial charge in [-0.25, -0.2) is 9.80 Å². The van der Waals surface area contributed by atoms with Crippen LogP contribution in [-0.4, -0.2) is 35.7 Å². The third-order valence-corrected chi connectivity index (χ3v) is 6.83. The van der Waals surface area contributed by atoms with Crippen LogP contribution >= 0.6 is 11.6 Å². The summed E-state index contributed by atoms with van der Waals surface area (Å²) in [7, 11) is 1.55. The lowest BCUT2D eigenvalue weighted by atomic mass is 9.99. The standard InChI is InChI=1S/C30H24ClN3O6.CH4/c1-17-24(29(36)34(33-17)21-7-3-5-19(13-21)30(37)38)16-23-10-12-27(40-23)18-9-11-26(31)25(14-18)28(35)32-20-6-4-8-22(15-20)39-2;/h3-15,24H,16H2,1-2H3,(H,32,35)(H,37,38);1H4. The number of rotatable bonds is 8. The highest BCUT2D eigenvalue weighted by molar-refractivity contribution is 6.34. The van der Waals surface area contributed by atoms with Crippen molar-refractivity contribution in [1.82, 2.24) is 0 Å². The van der Waals surface area contributed by atoms with Crippen molar-refractivity contribution in [3.63, 3.8) is 0 Å². The van der Waals surface area contributed by atoms with Crippen LogP contribution in [0.25, 0.3) is 11.3 Å². The number of furan rings is 1. The Hall–Kier alpha value is -4.89. The molecule has 210 valence electrons. The molecule has 4 aromatic rings. The number of methoxy groups -OCH3 is 1. The zero-order chi connectivity index (χ0) is 28.4. The number of benzene rings is 3. The molecule has 0 saturated heterocycles. The minimum atomic E-state index is -1.09. The Labute approximate surface area is 242 Å². The van der Waals surface area contributed by atoms with Crippen LogP contribution in [0.2, 0.25) is 5.02 Å². The van der Waals surface area contributed by atoms with Gasteiger partial charge < -0.3 is 19.6 Å². The van der Waals surface area contributed by atoms with Crippen LogP contribution in [0.1, 0.15) is 40.8 Å². The van der Waals surface area contributed by atoms with Gasteiger partial charge >= 0.3 is 5.97 Å². The summed E-state index contributed by atoms with van der Waals surface area (Å²) in [4.78, 5) is 37.5. The van der Waals surface area contributed by atoms with Gasteiger partial charge in [0, 0.05) is 29.4 Å². The van der Waals surface area contributed by atoms with Gasteiger partial charge in [-0.3, -0.25) is 9.59 Å². The third kappa shape index (κ3) is 6.15. The summed E-state index contributed by atoms with van der Waals surface area (Å²) >= 11 is 6.34. The highest BCUT2D eigenvalue weighted by atomic mass is 35.5. The highest BCUT2D eigenvalue weighted by Crippen LogP contribution is 2.31. The molecule has 3 aromatic carbocycles. The highest BCUT2D eigenvalue weighted by Gasteiger charge is 2.35. The number of amides is 2. The molecule has 0 saturated carbocycles. The largest absolute Gasteiger partial charge is 0.497 e. The van der Waals surface area contributed by atoms with E-state index < -0.39 is 11.9 Å². The van der Waals surface area contributed by atoms with E-state index in [9.17, 15) is 19.5 Å². The molecule has 1 atom stereocenters. The number of carbonyl (C=O) groups excluding carboxylic acids is 2. The molecule has 0 fully saturated rings. The third-order valence-electron chi connectivity index (χ3n) is 6.50. The molecule has 1 aliphatic rings. The molecular formula is C31H28ClN3O6. The predicted molar refractivity (Wildman–Crippen MR) is 158 cm³/mol. The Kier molecular flexibility index (Phi) is 8.59. The van der Waals surface area contributed by atoms with Gasteiger partial charge in [-0.2, -0.15) is 5.10 Å². The summed E-state index contributed by atoms with van der Waals surface area (Å²) in [5, 5.41) is 18.0. The number of ether oxygens (including phenoxy) is 1. The van der Waals surface area contributed by atoms with Gasteiger partial charge in [0.15, 0.2) is 0 Å². The number of halogens is 1. The first kappa shape index (κ1) is 29.1. The van der Waals surface area contributed by atoms with Gasteiger partial charge in [0.2, 0.25) is 0 Å². The monoisotopic (exact) mass is 573 g/mol. The Bertz CT molecular complexity index is 1660. The minimum Gasteiger partial charge on any atom is -0.497 e. The summed E-state index contributed by atoms with van der Waals surface area (Å²) in [6.45, 7) is 1.75. The van der Waals surface area contributed by atoms with E-state index in [1.54, 1.807) is 80.8 Å². The quantitative estimate of drug-likeness (QED) is 0.240. The molecule has 0 aliphatic carbocycles. The summed E-state index contributed by atoms with van der Waals surface area (Å²) in [5.41, 5.74) is 2.51. The van der Waals surface area contributed by atoms with E-state index in [1.165, 1.54) is 17.1 Å². The normalized spacial score (nSPS) is 14.3. The fourth-order valence-electron chi connectivity index (χ4n) is 4.39. The molecule has 0 bridgehead atoms. The molecule has 10 heteroatoms. The van der Waals surface area contributed by atoms with Crippen LogP contribution in [-0.2, 0) is 11.2 Å². The molecule has 41 heavy (non-hydrogen) atoms. The van der Waals surface area contributed by atoms with Gasteiger partial charge in [0.05, 0.1) is 34.9 Å². The lowest BCUT2D eigenvalue weighted by Crippen LogP contribution is -2.28. The number of nitrogens with zero attached hydrogens (tertiary/aromatic N) is 2. The van der Waals surface area contributed by atoms with Gasteiger partial charge in [-0.05, 0) is 67.6 Å². The fourth-order valence-corrected chi connectivity index (χ4v) is 4.59. The number of carboxylic acids is 1. The van der Waals surface area contributed by atoms with Gasteiger partial charge in [0.25, 0.3) is 11.8 Å². The number of aromatic carboxylic acids is 1. The number of hydrogen-bond acceptors (Lipinski definition) is 6. The van der Waals surface area contributed by atoms with Crippen molar-refractivity contribution in [2.75, 3.05) is 17.4 Å². The first-order chi connectivity index (χ1) is 19.2. The molecule has 1 aromatic heterocycles. The van der Waals surface area contributed by atoms with E-state index in [0.717, 1.165) is 0 Å². The van der Waals surface area contributed by atoms with Crippen LogP contribution in [0.3, 0.4) is 0 Å². The topological polar surface area (TPSA) is 121 Å². The molecule has 9 nitrogen and oxygen atoms in total. The SMILES string of the molecule is C.COc1cccc(NC(=O)c2cc(-c3ccc(CC4C(=O)N(c5cccc(C(=O)O)c5)N=C4C)o3)ccc2Cl)c1. The van der Waals surface area contributed by atoms with E-state index in [-0.39, 0.29) is 41.8 Å². The molecule has 1 unspecified atom stereocenters. The predicted octanol–water partition coefficient (Wildman–Crippen LogP) is 6.78. The van der Waals surface area contributed by atoms with Crippen molar-refractivity contribution in [3.8, 4) is 17.1 Å². The van der Waals surface area contributed by atoms with E-state index in [4.69, 9.17) is 20.8 Å². The van der Waals surface area contributed by atoms with Gasteiger partial charge in [0.1, 0.15) is 17.3 Å². The molecule has 5 rings (SSSR count). The summed E-state index contributed by atoms with van der Waals surface area (Å²) in [6.07, 6.45) is 0.264. The average molecular weight is 574 g/mol. The molecule has 0 spiro atoms. The first-order valence-corrected chi connectivity index (χ1v) is 12.7. The molecule has 1 aliphatic heterocycles. The summed E-state index contributed by atoms with van der Waals surface area (Å²) in [6, 6.07) is 21.6. The maximum Gasteiger partial charge on any atom is 0.335 e. The van der Waals surface area contributed by atoms with Crippen molar-refractivity contribution in [2.45, 2.75) is 20.8 Å². The van der Waals surface area contributed by atoms with E-state index in [2.05, 4.69) is 10.4 Å². The lowest BCUT2D eigenvalue weighted by Gasteiger charge is -2.14. The van der Waals surface area contributed by atoms with E-state index >= 15 is 0 Å². The molecule has 2 N–H and O–H groups in total. The lowest BCUT2D eigenvalue weighted by molar-refractivity contribution is -0.119. The molecule has 2 heterocycles. The van der Waals surface area contributed by atoms with Crippen molar-refractivity contribution >= 4 is 46.5 Å². The van der Waals surface area contributed by atoms with Crippen LogP contribution in [0.15, 0.2) is 88.4 Å². The number of carbonyl (C=O) groups is 3. The number of nitrogens with one attached hydrogen (secondary N) is 1. The first-order valence-electron chi connectivity index (χ1n) is 12.3. The van der Waals surface area contributed by atoms with E-state index in [0.29, 0.717) is 39.9 Å². The smallest absolute Gasteiger partial charge is 0.335 e. The maximum atomic E-state index is 13.2. The Balaban J connectivity index is 0.00000387. The summed E-state index contributed by atoms with van der Waals surface area (Å²) < 4.78 is 11.3. The zero-order valence-electron chi connectivity index (χ0n) is 21.6. The zero-order valence-corrected chi connectivity index (χ0v) is 22.3. The fraction of sp³-hybridized carbons (Fsp3) is 0.161. The average Bonchev–Trinajstić information content (AvgIpc) is 3.53. The summed E-state index contributed by atoms with van der Waals surface area (Å²) in [5.74, 6) is -0.643. The van der Waals surface area contributed by atoms with Crippen molar-refractivity contribution < 1.29 is 28.6 Å². The number of hydrogen-bond donors (Lipinski definition) is 2.